The minimum atomic E-state index is 0.216. The summed E-state index contributed by atoms with van der Waals surface area (Å²) < 4.78 is 0. The van der Waals surface area contributed by atoms with Crippen molar-refractivity contribution in [1.29, 1.82) is 0 Å². The number of carbonyl (C=O) groups is 1. The number of nitrogens with zero attached hydrogens (tertiary/aromatic N) is 1. The smallest absolute Gasteiger partial charge is 0.153 e. The van der Waals surface area contributed by atoms with Crippen molar-refractivity contribution >= 4 is 17.1 Å². The first kappa shape index (κ1) is 11.3. The van der Waals surface area contributed by atoms with Crippen molar-refractivity contribution in [2.75, 3.05) is 13.1 Å². The molecule has 1 rings (SSSR count). The standard InChI is InChI=1S/C10H16N2OS/c1-3-4-11-6-9(13)5-10-12-8(2)7-14-10/h7,11H,3-6H2,1-2H3. The molecule has 0 fully saturated rings. The van der Waals surface area contributed by atoms with Crippen molar-refractivity contribution in [3.8, 4) is 0 Å². The van der Waals surface area contributed by atoms with Gasteiger partial charge in [0.1, 0.15) is 5.01 Å². The van der Waals surface area contributed by atoms with E-state index in [1.54, 1.807) is 11.3 Å². The summed E-state index contributed by atoms with van der Waals surface area (Å²) >= 11 is 1.56. The molecule has 0 amide bonds. The maximum Gasteiger partial charge on any atom is 0.153 e. The van der Waals surface area contributed by atoms with E-state index in [4.69, 9.17) is 0 Å². The number of Topliss-reactive ketones (excluding diaryl/α,β-unsaturated/α-hetero) is 1. The van der Waals surface area contributed by atoms with Crippen LogP contribution in [-0.4, -0.2) is 23.9 Å². The molecule has 0 spiro atoms. The second-order valence-electron chi connectivity index (χ2n) is 3.27. The summed E-state index contributed by atoms with van der Waals surface area (Å²) in [5.41, 5.74) is 0.999. The van der Waals surface area contributed by atoms with Crippen molar-refractivity contribution in [1.82, 2.24) is 10.3 Å². The van der Waals surface area contributed by atoms with Gasteiger partial charge in [0.2, 0.25) is 0 Å². The second kappa shape index (κ2) is 5.88. The van der Waals surface area contributed by atoms with Crippen LogP contribution in [0.2, 0.25) is 0 Å². The quantitative estimate of drug-likeness (QED) is 0.728. The highest BCUT2D eigenvalue weighted by Crippen LogP contribution is 2.09. The van der Waals surface area contributed by atoms with E-state index in [0.29, 0.717) is 13.0 Å². The van der Waals surface area contributed by atoms with Crippen LogP contribution in [0.5, 0.6) is 0 Å². The zero-order chi connectivity index (χ0) is 10.4. The maximum atomic E-state index is 11.4. The van der Waals surface area contributed by atoms with Crippen molar-refractivity contribution in [2.45, 2.75) is 26.7 Å². The lowest BCUT2D eigenvalue weighted by Gasteiger charge is -1.99. The fourth-order valence-electron chi connectivity index (χ4n) is 1.12. The summed E-state index contributed by atoms with van der Waals surface area (Å²) in [6.07, 6.45) is 1.53. The van der Waals surface area contributed by atoms with Gasteiger partial charge >= 0.3 is 0 Å². The van der Waals surface area contributed by atoms with Crippen molar-refractivity contribution < 1.29 is 4.79 Å². The van der Waals surface area contributed by atoms with Crippen LogP contribution < -0.4 is 5.32 Å². The third-order valence-electron chi connectivity index (χ3n) is 1.76. The molecule has 0 aliphatic heterocycles. The fraction of sp³-hybridized carbons (Fsp3) is 0.600. The van der Waals surface area contributed by atoms with Crippen LogP contribution in [0, 0.1) is 6.92 Å². The number of aryl methyl sites for hydroxylation is 1. The molecule has 0 radical (unpaired) electrons. The normalized spacial score (nSPS) is 10.4. The predicted molar refractivity (Wildman–Crippen MR) is 58.7 cm³/mol. The molecular formula is C10H16N2OS. The summed E-state index contributed by atoms with van der Waals surface area (Å²) in [4.78, 5) is 15.6. The van der Waals surface area contributed by atoms with Crippen molar-refractivity contribution in [3.63, 3.8) is 0 Å². The number of nitrogens with one attached hydrogen (secondary N) is 1. The molecule has 0 unspecified atom stereocenters. The van der Waals surface area contributed by atoms with Crippen molar-refractivity contribution in [3.05, 3.63) is 16.1 Å². The minimum Gasteiger partial charge on any atom is -0.310 e. The molecule has 3 nitrogen and oxygen atoms in total. The number of ketones is 1. The van der Waals surface area contributed by atoms with Crippen LogP contribution in [0.25, 0.3) is 0 Å². The van der Waals surface area contributed by atoms with Gasteiger partial charge in [-0.1, -0.05) is 6.92 Å². The minimum absolute atomic E-state index is 0.216. The molecule has 1 aromatic rings. The van der Waals surface area contributed by atoms with Crippen LogP contribution in [-0.2, 0) is 11.2 Å². The van der Waals surface area contributed by atoms with Crippen LogP contribution >= 0.6 is 11.3 Å². The van der Waals surface area contributed by atoms with E-state index in [9.17, 15) is 4.79 Å². The molecule has 0 aromatic carbocycles. The van der Waals surface area contributed by atoms with Gasteiger partial charge in [0.25, 0.3) is 0 Å². The van der Waals surface area contributed by atoms with Gasteiger partial charge in [0.15, 0.2) is 5.78 Å². The number of rotatable bonds is 6. The first-order chi connectivity index (χ1) is 6.72. The Kier molecular flexibility index (Phi) is 4.76. The lowest BCUT2D eigenvalue weighted by Crippen LogP contribution is -2.24. The molecule has 1 heterocycles. The Balaban J connectivity index is 2.27. The molecule has 0 aliphatic carbocycles. The molecule has 4 heteroatoms. The average Bonchev–Trinajstić information content (AvgIpc) is 2.52. The maximum absolute atomic E-state index is 11.4. The van der Waals surface area contributed by atoms with E-state index in [0.717, 1.165) is 23.7 Å². The molecule has 1 N–H and O–H groups in total. The molecule has 0 saturated carbocycles. The Morgan fingerprint density at radius 1 is 1.64 bits per heavy atom. The Morgan fingerprint density at radius 3 is 3.00 bits per heavy atom. The molecule has 14 heavy (non-hydrogen) atoms. The van der Waals surface area contributed by atoms with Gasteiger partial charge in [-0.3, -0.25) is 4.79 Å². The van der Waals surface area contributed by atoms with Crippen LogP contribution in [0.15, 0.2) is 5.38 Å². The molecule has 0 bridgehead atoms. The number of thiazole rings is 1. The zero-order valence-electron chi connectivity index (χ0n) is 8.67. The van der Waals surface area contributed by atoms with Gasteiger partial charge in [0.05, 0.1) is 13.0 Å². The molecule has 0 saturated heterocycles. The fourth-order valence-corrected chi connectivity index (χ4v) is 1.92. The van der Waals surface area contributed by atoms with Crippen molar-refractivity contribution in [2.24, 2.45) is 0 Å². The third-order valence-corrected chi connectivity index (χ3v) is 2.73. The highest BCUT2D eigenvalue weighted by atomic mass is 32.1. The zero-order valence-corrected chi connectivity index (χ0v) is 9.49. The van der Waals surface area contributed by atoms with Gasteiger partial charge in [-0.05, 0) is 19.9 Å². The Hall–Kier alpha value is -0.740. The highest BCUT2D eigenvalue weighted by molar-refractivity contribution is 7.09. The predicted octanol–water partition coefficient (Wildman–Crippen LogP) is 1.56. The Morgan fingerprint density at radius 2 is 2.43 bits per heavy atom. The topological polar surface area (TPSA) is 42.0 Å². The first-order valence-electron chi connectivity index (χ1n) is 4.85. The number of hydrogen-bond donors (Lipinski definition) is 1. The summed E-state index contributed by atoms with van der Waals surface area (Å²) in [6.45, 7) is 5.40. The summed E-state index contributed by atoms with van der Waals surface area (Å²) in [7, 11) is 0. The van der Waals surface area contributed by atoms with Gasteiger partial charge in [-0.15, -0.1) is 11.3 Å². The molecule has 0 atom stereocenters. The van der Waals surface area contributed by atoms with Crippen LogP contribution in [0.3, 0.4) is 0 Å². The van der Waals surface area contributed by atoms with Gasteiger partial charge in [-0.25, -0.2) is 4.98 Å². The molecular weight excluding hydrogens is 196 g/mol. The van der Waals surface area contributed by atoms with Crippen LogP contribution in [0.1, 0.15) is 24.0 Å². The lowest BCUT2D eigenvalue weighted by atomic mass is 10.3. The Labute approximate surface area is 88.6 Å². The summed E-state index contributed by atoms with van der Waals surface area (Å²) in [6, 6.07) is 0. The average molecular weight is 212 g/mol. The van der Waals surface area contributed by atoms with E-state index in [-0.39, 0.29) is 5.78 Å². The van der Waals surface area contributed by atoms with E-state index >= 15 is 0 Å². The third kappa shape index (κ3) is 3.98. The van der Waals surface area contributed by atoms with E-state index in [2.05, 4.69) is 17.2 Å². The van der Waals surface area contributed by atoms with Gasteiger partial charge < -0.3 is 5.32 Å². The number of hydrogen-bond acceptors (Lipinski definition) is 4. The van der Waals surface area contributed by atoms with Gasteiger partial charge in [-0.2, -0.15) is 0 Å². The molecule has 1 aromatic heterocycles. The van der Waals surface area contributed by atoms with E-state index in [1.165, 1.54) is 0 Å². The lowest BCUT2D eigenvalue weighted by molar-refractivity contribution is -0.117. The first-order valence-corrected chi connectivity index (χ1v) is 5.73. The highest BCUT2D eigenvalue weighted by Gasteiger charge is 2.05. The monoisotopic (exact) mass is 212 g/mol. The summed E-state index contributed by atoms with van der Waals surface area (Å²) in [5, 5.41) is 5.99. The van der Waals surface area contributed by atoms with Gasteiger partial charge in [0, 0.05) is 11.1 Å². The Bertz CT molecular complexity index is 296. The van der Waals surface area contributed by atoms with E-state index in [1.807, 2.05) is 12.3 Å². The van der Waals surface area contributed by atoms with Crippen LogP contribution in [0.4, 0.5) is 0 Å². The number of aromatic nitrogens is 1. The second-order valence-corrected chi connectivity index (χ2v) is 4.22. The summed E-state index contributed by atoms with van der Waals surface area (Å²) in [5.74, 6) is 0.216. The largest absolute Gasteiger partial charge is 0.310 e. The molecule has 78 valence electrons. The SMILES string of the molecule is CCCNCC(=O)Cc1nc(C)cs1. The molecule has 0 aliphatic rings. The van der Waals surface area contributed by atoms with E-state index < -0.39 is 0 Å². The number of carbonyl (C=O) groups excluding carboxylic acids is 1.